The molecule has 0 radical (unpaired) electrons. The predicted octanol–water partition coefficient (Wildman–Crippen LogP) is 2.99. The van der Waals surface area contributed by atoms with Gasteiger partial charge in [-0.15, -0.1) is 0 Å². The number of hydrogen-bond donors (Lipinski definition) is 1. The van der Waals surface area contributed by atoms with Gasteiger partial charge in [0.25, 0.3) is 0 Å². The lowest BCUT2D eigenvalue weighted by Gasteiger charge is -2.14. The van der Waals surface area contributed by atoms with E-state index >= 15 is 0 Å². The van der Waals surface area contributed by atoms with Gasteiger partial charge in [0.15, 0.2) is 5.82 Å². The lowest BCUT2D eigenvalue weighted by Crippen LogP contribution is -2.23. The highest BCUT2D eigenvalue weighted by Gasteiger charge is 2.24. The molecule has 0 saturated carbocycles. The van der Waals surface area contributed by atoms with Crippen LogP contribution >= 0.6 is 0 Å². The van der Waals surface area contributed by atoms with E-state index < -0.39 is 0 Å². The fraction of sp³-hybridized carbons (Fsp3) is 0.350. The Balaban J connectivity index is 1.25. The zero-order valence-electron chi connectivity index (χ0n) is 14.7. The Morgan fingerprint density at radius 3 is 2.85 bits per heavy atom. The Hall–Kier alpha value is -2.73. The van der Waals surface area contributed by atoms with Crippen LogP contribution in [-0.2, 0) is 13.0 Å². The van der Waals surface area contributed by atoms with Gasteiger partial charge in [0.2, 0.25) is 5.89 Å². The monoisotopic (exact) mass is 349 g/mol. The van der Waals surface area contributed by atoms with Gasteiger partial charge >= 0.3 is 0 Å². The molecule has 0 amide bonds. The van der Waals surface area contributed by atoms with Gasteiger partial charge in [-0.2, -0.15) is 4.98 Å². The van der Waals surface area contributed by atoms with Crippen LogP contribution in [0.2, 0.25) is 0 Å². The van der Waals surface area contributed by atoms with Crippen LogP contribution in [0, 0.1) is 5.92 Å². The van der Waals surface area contributed by atoms with Gasteiger partial charge in [-0.3, -0.25) is 4.90 Å². The van der Waals surface area contributed by atoms with Gasteiger partial charge in [0, 0.05) is 25.7 Å². The molecule has 1 fully saturated rings. The van der Waals surface area contributed by atoms with E-state index in [0.717, 1.165) is 37.8 Å². The van der Waals surface area contributed by atoms with Crippen LogP contribution in [-0.4, -0.2) is 39.7 Å². The molecule has 6 heteroatoms. The molecule has 3 heterocycles. The van der Waals surface area contributed by atoms with Crippen molar-refractivity contribution in [3.63, 3.8) is 0 Å². The number of anilines is 1. The fourth-order valence-corrected chi connectivity index (χ4v) is 3.34. The minimum atomic E-state index is 0.615. The Kier molecular flexibility index (Phi) is 5.21. The van der Waals surface area contributed by atoms with Crippen LogP contribution in [0.1, 0.15) is 23.7 Å². The van der Waals surface area contributed by atoms with Crippen molar-refractivity contribution in [1.82, 2.24) is 20.0 Å². The number of nitrogens with one attached hydrogen (secondary N) is 1. The van der Waals surface area contributed by atoms with Gasteiger partial charge < -0.3 is 9.84 Å². The van der Waals surface area contributed by atoms with Crippen molar-refractivity contribution in [2.45, 2.75) is 19.4 Å². The second kappa shape index (κ2) is 8.10. The second-order valence-corrected chi connectivity index (χ2v) is 6.75. The molecule has 2 aromatic heterocycles. The number of rotatable bonds is 7. The van der Waals surface area contributed by atoms with E-state index in [9.17, 15) is 0 Å². The third-order valence-electron chi connectivity index (χ3n) is 4.68. The highest BCUT2D eigenvalue weighted by atomic mass is 16.5. The maximum absolute atomic E-state index is 5.43. The molecule has 1 unspecified atom stereocenters. The van der Waals surface area contributed by atoms with Crippen molar-refractivity contribution in [1.29, 1.82) is 0 Å². The highest BCUT2D eigenvalue weighted by Crippen LogP contribution is 2.19. The van der Waals surface area contributed by atoms with Crippen molar-refractivity contribution in [3.05, 3.63) is 72.0 Å². The molecule has 4 rings (SSSR count). The number of likely N-dealkylation sites (tertiary alicyclic amines) is 1. The summed E-state index contributed by atoms with van der Waals surface area (Å²) >= 11 is 0. The number of nitrogens with zero attached hydrogens (tertiary/aromatic N) is 4. The average molecular weight is 349 g/mol. The van der Waals surface area contributed by atoms with Crippen LogP contribution in [0.25, 0.3) is 0 Å². The molecule has 1 N–H and O–H groups in total. The fourth-order valence-electron chi connectivity index (χ4n) is 3.34. The summed E-state index contributed by atoms with van der Waals surface area (Å²) in [6.45, 7) is 3.76. The van der Waals surface area contributed by atoms with Crippen molar-refractivity contribution < 1.29 is 4.52 Å². The molecule has 0 bridgehead atoms. The molecular weight excluding hydrogens is 326 g/mol. The van der Waals surface area contributed by atoms with Crippen molar-refractivity contribution in [3.8, 4) is 0 Å². The normalized spacial score (nSPS) is 17.5. The van der Waals surface area contributed by atoms with E-state index in [2.05, 4.69) is 37.5 Å². The molecule has 1 aromatic carbocycles. The summed E-state index contributed by atoms with van der Waals surface area (Å²) in [6, 6.07) is 16.2. The van der Waals surface area contributed by atoms with E-state index in [4.69, 9.17) is 4.52 Å². The minimum absolute atomic E-state index is 0.615. The largest absolute Gasteiger partial charge is 0.370 e. The van der Waals surface area contributed by atoms with E-state index in [1.807, 2.05) is 42.6 Å². The van der Waals surface area contributed by atoms with Crippen LogP contribution in [0.5, 0.6) is 0 Å². The lowest BCUT2D eigenvalue weighted by atomic mass is 10.1. The van der Waals surface area contributed by atoms with Gasteiger partial charge in [-0.1, -0.05) is 41.6 Å². The minimum Gasteiger partial charge on any atom is -0.370 e. The zero-order valence-corrected chi connectivity index (χ0v) is 14.7. The first-order valence-corrected chi connectivity index (χ1v) is 9.08. The quantitative estimate of drug-likeness (QED) is 0.707. The van der Waals surface area contributed by atoms with Crippen molar-refractivity contribution in [2.75, 3.05) is 25.0 Å². The number of pyridine rings is 1. The summed E-state index contributed by atoms with van der Waals surface area (Å²) in [7, 11) is 0. The summed E-state index contributed by atoms with van der Waals surface area (Å²) in [5.74, 6) is 3.00. The first-order valence-electron chi connectivity index (χ1n) is 9.08. The molecule has 1 atom stereocenters. The molecule has 0 aliphatic carbocycles. The van der Waals surface area contributed by atoms with E-state index in [1.165, 1.54) is 12.0 Å². The van der Waals surface area contributed by atoms with Gasteiger partial charge in [-0.25, -0.2) is 4.98 Å². The zero-order chi connectivity index (χ0) is 17.6. The molecule has 1 aliphatic rings. The Bertz CT molecular complexity index is 805. The number of aromatic nitrogens is 3. The van der Waals surface area contributed by atoms with Gasteiger partial charge in [-0.05, 0) is 36.6 Å². The molecule has 6 nitrogen and oxygen atoms in total. The maximum Gasteiger partial charge on any atom is 0.240 e. The molecule has 1 aliphatic heterocycles. The topological polar surface area (TPSA) is 67.1 Å². The third-order valence-corrected chi connectivity index (χ3v) is 4.68. The average Bonchev–Trinajstić information content (AvgIpc) is 3.31. The van der Waals surface area contributed by atoms with Gasteiger partial charge in [0.1, 0.15) is 5.82 Å². The van der Waals surface area contributed by atoms with Crippen molar-refractivity contribution in [2.24, 2.45) is 5.92 Å². The molecular formula is C20H23N5O. The summed E-state index contributed by atoms with van der Waals surface area (Å²) < 4.78 is 5.43. The first-order chi connectivity index (χ1) is 12.8. The Morgan fingerprint density at radius 2 is 2.00 bits per heavy atom. The molecule has 0 spiro atoms. The summed E-state index contributed by atoms with van der Waals surface area (Å²) in [4.78, 5) is 11.2. The Labute approximate surface area is 153 Å². The summed E-state index contributed by atoms with van der Waals surface area (Å²) in [5.41, 5.74) is 1.20. The van der Waals surface area contributed by atoms with Crippen LogP contribution in [0.4, 0.5) is 5.82 Å². The summed E-state index contributed by atoms with van der Waals surface area (Å²) in [6.07, 6.45) is 3.69. The highest BCUT2D eigenvalue weighted by molar-refractivity contribution is 5.33. The smallest absolute Gasteiger partial charge is 0.240 e. The maximum atomic E-state index is 5.43. The number of benzene rings is 1. The molecule has 1 saturated heterocycles. The van der Waals surface area contributed by atoms with E-state index in [0.29, 0.717) is 18.2 Å². The SMILES string of the molecule is c1ccc(Cc2noc(CN3CCC(CNc4ccccn4)C3)n2)cc1. The molecule has 26 heavy (non-hydrogen) atoms. The van der Waals surface area contributed by atoms with Crippen molar-refractivity contribution >= 4 is 5.82 Å². The lowest BCUT2D eigenvalue weighted by molar-refractivity contribution is 0.261. The molecule has 134 valence electrons. The third kappa shape index (κ3) is 4.46. The number of hydrogen-bond acceptors (Lipinski definition) is 6. The predicted molar refractivity (Wildman–Crippen MR) is 99.7 cm³/mol. The van der Waals surface area contributed by atoms with Crippen LogP contribution < -0.4 is 5.32 Å². The summed E-state index contributed by atoms with van der Waals surface area (Å²) in [5, 5.41) is 7.53. The van der Waals surface area contributed by atoms with Crippen LogP contribution in [0.3, 0.4) is 0 Å². The first kappa shape index (κ1) is 16.7. The van der Waals surface area contributed by atoms with E-state index in [-0.39, 0.29) is 0 Å². The van der Waals surface area contributed by atoms with Crippen LogP contribution in [0.15, 0.2) is 59.3 Å². The Morgan fingerprint density at radius 1 is 1.12 bits per heavy atom. The molecule has 3 aromatic rings. The second-order valence-electron chi connectivity index (χ2n) is 6.75. The van der Waals surface area contributed by atoms with E-state index in [1.54, 1.807) is 0 Å². The standard InChI is InChI=1S/C20H23N5O/c1-2-6-16(7-3-1)12-19-23-20(26-24-19)15-25-11-9-17(14-25)13-22-18-8-4-5-10-21-18/h1-8,10,17H,9,11-15H2,(H,21,22). The van der Waals surface area contributed by atoms with Gasteiger partial charge in [0.05, 0.1) is 6.54 Å².